The highest BCUT2D eigenvalue weighted by atomic mass is 35.5. The van der Waals surface area contributed by atoms with Crippen LogP contribution in [0.3, 0.4) is 0 Å². The van der Waals surface area contributed by atoms with E-state index in [-0.39, 0.29) is 5.91 Å². The molecule has 1 aromatic carbocycles. The summed E-state index contributed by atoms with van der Waals surface area (Å²) in [5.74, 6) is 1.29. The Morgan fingerprint density at radius 2 is 1.95 bits per heavy atom. The van der Waals surface area contributed by atoms with Crippen molar-refractivity contribution in [2.45, 2.75) is 69.9 Å². The van der Waals surface area contributed by atoms with Crippen molar-refractivity contribution in [1.82, 2.24) is 5.32 Å². The van der Waals surface area contributed by atoms with E-state index in [4.69, 9.17) is 16.3 Å². The third-order valence-electron chi connectivity index (χ3n) is 4.61. The SMILES string of the molecule is C[C@H](Oc1ccc(Cl)cc1C1CCCCC1)C(=O)NC1CC1. The van der Waals surface area contributed by atoms with Gasteiger partial charge in [0, 0.05) is 11.1 Å². The predicted octanol–water partition coefficient (Wildman–Crippen LogP) is 4.43. The van der Waals surface area contributed by atoms with Crippen LogP contribution in [0.15, 0.2) is 18.2 Å². The lowest BCUT2D eigenvalue weighted by molar-refractivity contribution is -0.127. The maximum absolute atomic E-state index is 12.1. The second-order valence-electron chi connectivity index (χ2n) is 6.56. The molecule has 1 aromatic rings. The molecule has 3 rings (SSSR count). The quantitative estimate of drug-likeness (QED) is 0.871. The van der Waals surface area contributed by atoms with Crippen LogP contribution in [0, 0.1) is 0 Å². The molecular formula is C18H24ClNO2. The number of carbonyl (C=O) groups excluding carboxylic acids is 1. The zero-order valence-corrected chi connectivity index (χ0v) is 13.9. The molecule has 1 N–H and O–H groups in total. The van der Waals surface area contributed by atoms with Crippen LogP contribution < -0.4 is 10.1 Å². The molecule has 1 amide bonds. The summed E-state index contributed by atoms with van der Waals surface area (Å²) in [4.78, 5) is 12.1. The Balaban J connectivity index is 1.72. The van der Waals surface area contributed by atoms with Gasteiger partial charge in [-0.25, -0.2) is 0 Å². The molecule has 2 saturated carbocycles. The van der Waals surface area contributed by atoms with E-state index in [1.165, 1.54) is 37.7 Å². The minimum Gasteiger partial charge on any atom is -0.481 e. The van der Waals surface area contributed by atoms with Crippen molar-refractivity contribution in [2.24, 2.45) is 0 Å². The fourth-order valence-corrected chi connectivity index (χ4v) is 3.33. The van der Waals surface area contributed by atoms with Crippen LogP contribution in [0.1, 0.15) is 63.4 Å². The molecule has 1 atom stereocenters. The number of halogens is 1. The monoisotopic (exact) mass is 321 g/mol. The summed E-state index contributed by atoms with van der Waals surface area (Å²) in [7, 11) is 0. The fraction of sp³-hybridized carbons (Fsp3) is 0.611. The second kappa shape index (κ2) is 6.91. The summed E-state index contributed by atoms with van der Waals surface area (Å²) in [6, 6.07) is 6.13. The van der Waals surface area contributed by atoms with Gasteiger partial charge in [0.05, 0.1) is 0 Å². The third-order valence-corrected chi connectivity index (χ3v) is 4.85. The van der Waals surface area contributed by atoms with E-state index < -0.39 is 6.10 Å². The zero-order valence-electron chi connectivity index (χ0n) is 13.1. The van der Waals surface area contributed by atoms with Crippen molar-refractivity contribution in [1.29, 1.82) is 0 Å². The first-order valence-electron chi connectivity index (χ1n) is 8.40. The van der Waals surface area contributed by atoms with Gasteiger partial charge in [-0.1, -0.05) is 30.9 Å². The van der Waals surface area contributed by atoms with Crippen LogP contribution in [0.4, 0.5) is 0 Å². The second-order valence-corrected chi connectivity index (χ2v) is 7.00. The molecule has 0 heterocycles. The van der Waals surface area contributed by atoms with E-state index in [0.717, 1.165) is 23.6 Å². The Kier molecular flexibility index (Phi) is 4.92. The lowest BCUT2D eigenvalue weighted by Crippen LogP contribution is -2.37. The molecular weight excluding hydrogens is 298 g/mol. The van der Waals surface area contributed by atoms with Gasteiger partial charge in [-0.05, 0) is 62.3 Å². The van der Waals surface area contributed by atoms with Crippen molar-refractivity contribution in [2.75, 3.05) is 0 Å². The van der Waals surface area contributed by atoms with E-state index in [0.29, 0.717) is 12.0 Å². The first-order chi connectivity index (χ1) is 10.6. The summed E-state index contributed by atoms with van der Waals surface area (Å²) in [5, 5.41) is 3.73. The van der Waals surface area contributed by atoms with Gasteiger partial charge in [-0.2, -0.15) is 0 Å². The van der Waals surface area contributed by atoms with Crippen LogP contribution in [0.25, 0.3) is 0 Å². The van der Waals surface area contributed by atoms with E-state index in [9.17, 15) is 4.79 Å². The fourth-order valence-electron chi connectivity index (χ4n) is 3.15. The van der Waals surface area contributed by atoms with Gasteiger partial charge in [0.15, 0.2) is 6.10 Å². The highest BCUT2D eigenvalue weighted by Gasteiger charge is 2.27. The van der Waals surface area contributed by atoms with Gasteiger partial charge in [0.25, 0.3) is 5.91 Å². The Labute approximate surface area is 137 Å². The molecule has 4 heteroatoms. The summed E-state index contributed by atoms with van der Waals surface area (Å²) < 4.78 is 5.97. The van der Waals surface area contributed by atoms with Crippen molar-refractivity contribution < 1.29 is 9.53 Å². The normalized spacial score (nSPS) is 20.5. The maximum atomic E-state index is 12.1. The summed E-state index contributed by atoms with van der Waals surface area (Å²) >= 11 is 6.18. The van der Waals surface area contributed by atoms with Crippen LogP contribution in [-0.2, 0) is 4.79 Å². The topological polar surface area (TPSA) is 38.3 Å². The molecule has 120 valence electrons. The smallest absolute Gasteiger partial charge is 0.260 e. The first kappa shape index (κ1) is 15.7. The van der Waals surface area contributed by atoms with Gasteiger partial charge >= 0.3 is 0 Å². The lowest BCUT2D eigenvalue weighted by atomic mass is 9.83. The van der Waals surface area contributed by atoms with Crippen LogP contribution in [-0.4, -0.2) is 18.1 Å². The number of ether oxygens (including phenoxy) is 1. The largest absolute Gasteiger partial charge is 0.481 e. The number of nitrogens with one attached hydrogen (secondary N) is 1. The number of hydrogen-bond acceptors (Lipinski definition) is 2. The molecule has 2 fully saturated rings. The van der Waals surface area contributed by atoms with Gasteiger partial charge in [0.1, 0.15) is 5.75 Å². The van der Waals surface area contributed by atoms with Gasteiger partial charge in [-0.3, -0.25) is 4.79 Å². The van der Waals surface area contributed by atoms with E-state index >= 15 is 0 Å². The molecule has 0 aliphatic heterocycles. The van der Waals surface area contributed by atoms with E-state index in [1.807, 2.05) is 25.1 Å². The molecule has 0 radical (unpaired) electrons. The summed E-state index contributed by atoms with van der Waals surface area (Å²) in [5.41, 5.74) is 1.17. The standard InChI is InChI=1S/C18H24ClNO2/c1-12(18(21)20-15-8-9-15)22-17-10-7-14(19)11-16(17)13-5-3-2-4-6-13/h7,10-13,15H,2-6,8-9H2,1H3,(H,20,21)/t12-/m0/s1. The summed E-state index contributed by atoms with van der Waals surface area (Å²) in [6.07, 6.45) is 7.90. The van der Waals surface area contributed by atoms with Crippen molar-refractivity contribution in [3.05, 3.63) is 28.8 Å². The number of carbonyl (C=O) groups is 1. The van der Waals surface area contributed by atoms with Crippen molar-refractivity contribution >= 4 is 17.5 Å². The molecule has 0 bridgehead atoms. The molecule has 22 heavy (non-hydrogen) atoms. The molecule has 0 spiro atoms. The first-order valence-corrected chi connectivity index (χ1v) is 8.78. The third kappa shape index (κ3) is 3.95. The van der Waals surface area contributed by atoms with Gasteiger partial charge in [-0.15, -0.1) is 0 Å². The van der Waals surface area contributed by atoms with Gasteiger partial charge in [0.2, 0.25) is 0 Å². The average Bonchev–Trinajstić information content (AvgIpc) is 3.33. The number of amides is 1. The van der Waals surface area contributed by atoms with E-state index in [1.54, 1.807) is 0 Å². The number of rotatable bonds is 5. The molecule has 3 nitrogen and oxygen atoms in total. The minimum atomic E-state index is -0.468. The van der Waals surface area contributed by atoms with Crippen LogP contribution in [0.5, 0.6) is 5.75 Å². The van der Waals surface area contributed by atoms with Gasteiger partial charge < -0.3 is 10.1 Å². The Morgan fingerprint density at radius 3 is 2.64 bits per heavy atom. The van der Waals surface area contributed by atoms with Crippen molar-refractivity contribution in [3.63, 3.8) is 0 Å². The molecule has 0 aromatic heterocycles. The van der Waals surface area contributed by atoms with Crippen LogP contribution >= 0.6 is 11.6 Å². The predicted molar refractivity (Wildman–Crippen MR) is 88.5 cm³/mol. The molecule has 0 unspecified atom stereocenters. The molecule has 2 aliphatic carbocycles. The minimum absolute atomic E-state index is 0.0213. The average molecular weight is 322 g/mol. The van der Waals surface area contributed by atoms with E-state index in [2.05, 4.69) is 5.32 Å². The van der Waals surface area contributed by atoms with Crippen LogP contribution in [0.2, 0.25) is 5.02 Å². The number of hydrogen-bond donors (Lipinski definition) is 1. The maximum Gasteiger partial charge on any atom is 0.260 e. The Morgan fingerprint density at radius 1 is 1.23 bits per heavy atom. The number of benzene rings is 1. The zero-order chi connectivity index (χ0) is 15.5. The summed E-state index contributed by atoms with van der Waals surface area (Å²) in [6.45, 7) is 1.82. The lowest BCUT2D eigenvalue weighted by Gasteiger charge is -2.25. The Hall–Kier alpha value is -1.22. The highest BCUT2D eigenvalue weighted by molar-refractivity contribution is 6.30. The molecule has 0 saturated heterocycles. The highest BCUT2D eigenvalue weighted by Crippen LogP contribution is 2.39. The van der Waals surface area contributed by atoms with Crippen molar-refractivity contribution in [3.8, 4) is 5.75 Å². The Bertz CT molecular complexity index is 536. The molecule has 2 aliphatic rings.